The molecule has 0 bridgehead atoms. The molecule has 0 saturated carbocycles. The van der Waals surface area contributed by atoms with Gasteiger partial charge in [0.25, 0.3) is 5.91 Å². The maximum Gasteiger partial charge on any atom is 0.410 e. The summed E-state index contributed by atoms with van der Waals surface area (Å²) < 4.78 is 5.25. The number of carbonyl (C=O) groups is 2. The van der Waals surface area contributed by atoms with Crippen LogP contribution in [0.1, 0.15) is 31.1 Å². The number of nitrogens with one attached hydrogen (secondary N) is 1. The SMILES string of the molecule is CC(C)(C)OC(=O)N1CC(NC(=O)c2cccc(N)c2)C1. The predicted molar refractivity (Wildman–Crippen MR) is 79.9 cm³/mol. The van der Waals surface area contributed by atoms with Gasteiger partial charge in [-0.1, -0.05) is 6.07 Å². The zero-order valence-corrected chi connectivity index (χ0v) is 12.6. The molecule has 0 aliphatic carbocycles. The van der Waals surface area contributed by atoms with Crippen molar-refractivity contribution < 1.29 is 14.3 Å². The number of carbonyl (C=O) groups excluding carboxylic acids is 2. The molecule has 0 atom stereocenters. The second-order valence-electron chi connectivity index (χ2n) is 6.18. The van der Waals surface area contributed by atoms with E-state index in [0.29, 0.717) is 24.3 Å². The Bertz CT molecular complexity index is 545. The van der Waals surface area contributed by atoms with Gasteiger partial charge in [-0.15, -0.1) is 0 Å². The fourth-order valence-corrected chi connectivity index (χ4v) is 1.99. The van der Waals surface area contributed by atoms with Crippen molar-refractivity contribution in [1.82, 2.24) is 10.2 Å². The Balaban J connectivity index is 1.80. The highest BCUT2D eigenvalue weighted by Crippen LogP contribution is 2.16. The number of nitrogen functional groups attached to an aromatic ring is 1. The minimum atomic E-state index is -0.507. The van der Waals surface area contributed by atoms with Gasteiger partial charge in [-0.05, 0) is 39.0 Å². The summed E-state index contributed by atoms with van der Waals surface area (Å²) in [5.74, 6) is -0.184. The van der Waals surface area contributed by atoms with Gasteiger partial charge in [-0.25, -0.2) is 4.79 Å². The Hall–Kier alpha value is -2.24. The molecule has 1 aromatic carbocycles. The van der Waals surface area contributed by atoms with Crippen LogP contribution in [0.25, 0.3) is 0 Å². The molecule has 0 unspecified atom stereocenters. The lowest BCUT2D eigenvalue weighted by Crippen LogP contribution is -2.61. The van der Waals surface area contributed by atoms with Crippen LogP contribution in [0.5, 0.6) is 0 Å². The lowest BCUT2D eigenvalue weighted by Gasteiger charge is -2.39. The van der Waals surface area contributed by atoms with E-state index in [1.807, 2.05) is 20.8 Å². The molecule has 1 fully saturated rings. The smallest absolute Gasteiger partial charge is 0.410 e. The summed E-state index contributed by atoms with van der Waals surface area (Å²) in [5, 5.41) is 2.86. The molecule has 6 heteroatoms. The highest BCUT2D eigenvalue weighted by molar-refractivity contribution is 5.95. The van der Waals surface area contributed by atoms with Crippen molar-refractivity contribution in [3.05, 3.63) is 29.8 Å². The van der Waals surface area contributed by atoms with E-state index < -0.39 is 5.60 Å². The van der Waals surface area contributed by atoms with E-state index in [2.05, 4.69) is 5.32 Å². The van der Waals surface area contributed by atoms with Gasteiger partial charge in [0.05, 0.1) is 6.04 Å². The van der Waals surface area contributed by atoms with Gasteiger partial charge in [0.15, 0.2) is 0 Å². The van der Waals surface area contributed by atoms with Crippen molar-refractivity contribution in [3.63, 3.8) is 0 Å². The molecule has 0 radical (unpaired) electrons. The van der Waals surface area contributed by atoms with Gasteiger partial charge < -0.3 is 20.7 Å². The van der Waals surface area contributed by atoms with Crippen molar-refractivity contribution in [1.29, 1.82) is 0 Å². The van der Waals surface area contributed by atoms with Crippen LogP contribution in [-0.2, 0) is 4.74 Å². The number of nitrogens with zero attached hydrogens (tertiary/aromatic N) is 1. The minimum Gasteiger partial charge on any atom is -0.444 e. The van der Waals surface area contributed by atoms with Crippen molar-refractivity contribution in [2.45, 2.75) is 32.4 Å². The van der Waals surface area contributed by atoms with Gasteiger partial charge in [-0.3, -0.25) is 4.79 Å². The van der Waals surface area contributed by atoms with Gasteiger partial charge in [-0.2, -0.15) is 0 Å². The summed E-state index contributed by atoms with van der Waals surface area (Å²) in [4.78, 5) is 25.3. The second kappa shape index (κ2) is 5.63. The Morgan fingerprint density at radius 1 is 1.33 bits per heavy atom. The van der Waals surface area contributed by atoms with Gasteiger partial charge in [0.1, 0.15) is 5.60 Å². The fourth-order valence-electron chi connectivity index (χ4n) is 1.99. The number of hydrogen-bond donors (Lipinski definition) is 2. The Kier molecular flexibility index (Phi) is 4.06. The molecule has 2 rings (SSSR count). The molecule has 114 valence electrons. The maximum absolute atomic E-state index is 12.0. The quantitative estimate of drug-likeness (QED) is 0.811. The highest BCUT2D eigenvalue weighted by Gasteiger charge is 2.34. The number of ether oxygens (including phenoxy) is 1. The number of benzene rings is 1. The number of nitrogens with two attached hydrogens (primary N) is 1. The van der Waals surface area contributed by atoms with Crippen LogP contribution in [0.2, 0.25) is 0 Å². The molecule has 2 amide bonds. The third-order valence-electron chi connectivity index (χ3n) is 3.02. The summed E-state index contributed by atoms with van der Waals surface area (Å²) in [6.45, 7) is 6.39. The average Bonchev–Trinajstić information content (AvgIpc) is 2.30. The number of anilines is 1. The third kappa shape index (κ3) is 4.11. The summed E-state index contributed by atoms with van der Waals surface area (Å²) in [7, 11) is 0. The van der Waals surface area contributed by atoms with E-state index in [-0.39, 0.29) is 18.0 Å². The molecular weight excluding hydrogens is 270 g/mol. The maximum atomic E-state index is 12.0. The van der Waals surface area contributed by atoms with E-state index in [0.717, 1.165) is 0 Å². The summed E-state index contributed by atoms with van der Waals surface area (Å²) in [5.41, 5.74) is 6.20. The third-order valence-corrected chi connectivity index (χ3v) is 3.02. The largest absolute Gasteiger partial charge is 0.444 e. The van der Waals surface area contributed by atoms with E-state index in [1.165, 1.54) is 0 Å². The first-order chi connectivity index (χ1) is 9.74. The first-order valence-corrected chi connectivity index (χ1v) is 6.89. The van der Waals surface area contributed by atoms with Crippen LogP contribution >= 0.6 is 0 Å². The monoisotopic (exact) mass is 291 g/mol. The second-order valence-corrected chi connectivity index (χ2v) is 6.18. The molecule has 1 heterocycles. The first kappa shape index (κ1) is 15.2. The van der Waals surface area contributed by atoms with Crippen LogP contribution in [0.15, 0.2) is 24.3 Å². The molecular formula is C15H21N3O3. The van der Waals surface area contributed by atoms with Gasteiger partial charge in [0, 0.05) is 24.3 Å². The molecule has 3 N–H and O–H groups in total. The molecule has 6 nitrogen and oxygen atoms in total. The Morgan fingerprint density at radius 3 is 2.57 bits per heavy atom. The zero-order chi connectivity index (χ0) is 15.6. The predicted octanol–water partition coefficient (Wildman–Crippen LogP) is 1.62. The Labute approximate surface area is 124 Å². The van der Waals surface area contributed by atoms with E-state index >= 15 is 0 Å². The van der Waals surface area contributed by atoms with E-state index in [9.17, 15) is 9.59 Å². The minimum absolute atomic E-state index is 0.0496. The number of rotatable bonds is 2. The molecule has 21 heavy (non-hydrogen) atoms. The Morgan fingerprint density at radius 2 is 2.00 bits per heavy atom. The van der Waals surface area contributed by atoms with Crippen LogP contribution in [0.3, 0.4) is 0 Å². The van der Waals surface area contributed by atoms with Crippen LogP contribution in [0.4, 0.5) is 10.5 Å². The van der Waals surface area contributed by atoms with Crippen molar-refractivity contribution in [2.75, 3.05) is 18.8 Å². The molecule has 1 aromatic rings. The van der Waals surface area contributed by atoms with E-state index in [1.54, 1.807) is 29.2 Å². The zero-order valence-electron chi connectivity index (χ0n) is 12.6. The topological polar surface area (TPSA) is 84.7 Å². The normalized spacial score (nSPS) is 15.3. The molecule has 1 saturated heterocycles. The van der Waals surface area contributed by atoms with Gasteiger partial charge in [0.2, 0.25) is 0 Å². The molecule has 1 aliphatic heterocycles. The van der Waals surface area contributed by atoms with E-state index in [4.69, 9.17) is 10.5 Å². The van der Waals surface area contributed by atoms with Crippen LogP contribution < -0.4 is 11.1 Å². The summed E-state index contributed by atoms with van der Waals surface area (Å²) in [6.07, 6.45) is -0.350. The van der Waals surface area contributed by atoms with Crippen molar-refractivity contribution >= 4 is 17.7 Å². The lowest BCUT2D eigenvalue weighted by atomic mass is 10.1. The molecule has 0 spiro atoms. The number of amides is 2. The number of likely N-dealkylation sites (tertiary alicyclic amines) is 1. The van der Waals surface area contributed by atoms with Crippen LogP contribution in [0, 0.1) is 0 Å². The van der Waals surface area contributed by atoms with Gasteiger partial charge >= 0.3 is 6.09 Å². The first-order valence-electron chi connectivity index (χ1n) is 6.89. The molecule has 1 aliphatic rings. The lowest BCUT2D eigenvalue weighted by molar-refractivity contribution is 0.00533. The summed E-state index contributed by atoms with van der Waals surface area (Å²) in [6, 6.07) is 6.74. The average molecular weight is 291 g/mol. The van der Waals surface area contributed by atoms with Crippen molar-refractivity contribution in [2.24, 2.45) is 0 Å². The van der Waals surface area contributed by atoms with Crippen LogP contribution in [-0.4, -0.2) is 41.6 Å². The molecule has 0 aromatic heterocycles. The highest BCUT2D eigenvalue weighted by atomic mass is 16.6. The fraction of sp³-hybridized carbons (Fsp3) is 0.467. The van der Waals surface area contributed by atoms with Crippen molar-refractivity contribution in [3.8, 4) is 0 Å². The summed E-state index contributed by atoms with van der Waals surface area (Å²) >= 11 is 0. The number of hydrogen-bond acceptors (Lipinski definition) is 4. The standard InChI is InChI=1S/C15H21N3O3/c1-15(2,3)21-14(20)18-8-12(9-18)17-13(19)10-5-4-6-11(16)7-10/h4-7,12H,8-9,16H2,1-3H3,(H,17,19).